The lowest BCUT2D eigenvalue weighted by molar-refractivity contribution is 0.582. The maximum atomic E-state index is 11.7. The minimum atomic E-state index is -3.47. The zero-order chi connectivity index (χ0) is 12.2. The molecule has 0 aromatic heterocycles. The average molecular weight is 238 g/mol. The molecule has 0 aliphatic rings. The molecule has 4 nitrogen and oxygen atoms in total. The summed E-state index contributed by atoms with van der Waals surface area (Å²) >= 11 is 0. The molecule has 0 radical (unpaired) electrons. The SMILES string of the molecule is C#CCCNS(=O)(=O)c1ccc(N)c(C)c1. The van der Waals surface area contributed by atoms with E-state index < -0.39 is 10.0 Å². The van der Waals surface area contributed by atoms with Crippen LogP contribution < -0.4 is 10.5 Å². The van der Waals surface area contributed by atoms with Crippen LogP contribution in [-0.4, -0.2) is 15.0 Å². The number of aryl methyl sites for hydroxylation is 1. The maximum Gasteiger partial charge on any atom is 0.240 e. The fourth-order valence-corrected chi connectivity index (χ4v) is 2.27. The van der Waals surface area contributed by atoms with Gasteiger partial charge < -0.3 is 5.73 Å². The Morgan fingerprint density at radius 1 is 1.50 bits per heavy atom. The number of hydrogen-bond donors (Lipinski definition) is 2. The quantitative estimate of drug-likeness (QED) is 0.464. The first kappa shape index (κ1) is 12.6. The molecule has 86 valence electrons. The van der Waals surface area contributed by atoms with E-state index in [1.165, 1.54) is 12.1 Å². The minimum absolute atomic E-state index is 0.205. The van der Waals surface area contributed by atoms with Gasteiger partial charge in [-0.2, -0.15) is 0 Å². The Hall–Kier alpha value is -1.51. The summed E-state index contributed by atoms with van der Waals surface area (Å²) < 4.78 is 25.9. The lowest BCUT2D eigenvalue weighted by Crippen LogP contribution is -2.24. The topological polar surface area (TPSA) is 72.2 Å². The van der Waals surface area contributed by atoms with Crippen LogP contribution in [0.1, 0.15) is 12.0 Å². The van der Waals surface area contributed by atoms with E-state index >= 15 is 0 Å². The van der Waals surface area contributed by atoms with Crippen LogP contribution in [0.4, 0.5) is 5.69 Å². The first-order chi connectivity index (χ1) is 7.47. The fraction of sp³-hybridized carbons (Fsp3) is 0.273. The van der Waals surface area contributed by atoms with E-state index in [9.17, 15) is 8.42 Å². The highest BCUT2D eigenvalue weighted by Gasteiger charge is 2.13. The number of hydrogen-bond acceptors (Lipinski definition) is 3. The van der Waals surface area contributed by atoms with Crippen molar-refractivity contribution in [3.63, 3.8) is 0 Å². The third-order valence-corrected chi connectivity index (χ3v) is 3.57. The Morgan fingerprint density at radius 2 is 2.19 bits per heavy atom. The highest BCUT2D eigenvalue weighted by Crippen LogP contribution is 2.16. The summed E-state index contributed by atoms with van der Waals surface area (Å²) in [6.07, 6.45) is 5.41. The highest BCUT2D eigenvalue weighted by molar-refractivity contribution is 7.89. The van der Waals surface area contributed by atoms with Crippen molar-refractivity contribution in [1.82, 2.24) is 4.72 Å². The molecule has 0 heterocycles. The molecule has 0 unspecified atom stereocenters. The summed E-state index contributed by atoms with van der Waals surface area (Å²) in [6, 6.07) is 4.58. The van der Waals surface area contributed by atoms with E-state index in [1.54, 1.807) is 13.0 Å². The monoisotopic (exact) mass is 238 g/mol. The third kappa shape index (κ3) is 2.99. The van der Waals surface area contributed by atoms with Crippen molar-refractivity contribution in [3.05, 3.63) is 23.8 Å². The van der Waals surface area contributed by atoms with Crippen LogP contribution in [0.5, 0.6) is 0 Å². The second-order valence-electron chi connectivity index (χ2n) is 3.37. The molecule has 1 aromatic rings. The van der Waals surface area contributed by atoms with Gasteiger partial charge in [0.05, 0.1) is 4.90 Å². The largest absolute Gasteiger partial charge is 0.399 e. The zero-order valence-corrected chi connectivity index (χ0v) is 9.84. The molecule has 3 N–H and O–H groups in total. The number of anilines is 1. The van der Waals surface area contributed by atoms with Gasteiger partial charge in [0, 0.05) is 18.7 Å². The molecule has 0 saturated heterocycles. The van der Waals surface area contributed by atoms with Crippen LogP contribution in [-0.2, 0) is 10.0 Å². The van der Waals surface area contributed by atoms with Gasteiger partial charge in [0.2, 0.25) is 10.0 Å². The van der Waals surface area contributed by atoms with Gasteiger partial charge in [0.25, 0.3) is 0 Å². The van der Waals surface area contributed by atoms with Gasteiger partial charge in [-0.05, 0) is 30.7 Å². The normalized spacial score (nSPS) is 11.0. The van der Waals surface area contributed by atoms with E-state index in [0.29, 0.717) is 12.1 Å². The van der Waals surface area contributed by atoms with Gasteiger partial charge in [-0.15, -0.1) is 12.3 Å². The molecule has 0 spiro atoms. The summed E-state index contributed by atoms with van der Waals surface area (Å²) in [5.41, 5.74) is 6.92. The number of sulfonamides is 1. The zero-order valence-electron chi connectivity index (χ0n) is 9.03. The lowest BCUT2D eigenvalue weighted by Gasteiger charge is -2.07. The van der Waals surface area contributed by atoms with Crippen LogP contribution in [0.25, 0.3) is 0 Å². The Balaban J connectivity index is 2.91. The van der Waals surface area contributed by atoms with Crippen molar-refractivity contribution in [2.45, 2.75) is 18.2 Å². The van der Waals surface area contributed by atoms with Crippen molar-refractivity contribution in [2.75, 3.05) is 12.3 Å². The van der Waals surface area contributed by atoms with Crippen LogP contribution in [0, 0.1) is 19.3 Å². The summed E-state index contributed by atoms with van der Waals surface area (Å²) in [5, 5.41) is 0. The van der Waals surface area contributed by atoms with Crippen molar-refractivity contribution in [2.24, 2.45) is 0 Å². The predicted molar refractivity (Wildman–Crippen MR) is 64.2 cm³/mol. The van der Waals surface area contributed by atoms with E-state index in [2.05, 4.69) is 10.6 Å². The summed E-state index contributed by atoms with van der Waals surface area (Å²) in [4.78, 5) is 0.205. The molecule has 0 aliphatic carbocycles. The fourth-order valence-electron chi connectivity index (χ4n) is 1.16. The Bertz CT molecular complexity index is 515. The molecule has 0 amide bonds. The van der Waals surface area contributed by atoms with Crippen molar-refractivity contribution in [1.29, 1.82) is 0 Å². The molecule has 1 aromatic carbocycles. The smallest absolute Gasteiger partial charge is 0.240 e. The highest BCUT2D eigenvalue weighted by atomic mass is 32.2. The number of nitrogen functional groups attached to an aromatic ring is 1. The molecular formula is C11H14N2O2S. The third-order valence-electron chi connectivity index (χ3n) is 2.11. The van der Waals surface area contributed by atoms with Crippen LogP contribution in [0.2, 0.25) is 0 Å². The average Bonchev–Trinajstić information content (AvgIpc) is 2.22. The molecule has 0 saturated carbocycles. The second kappa shape index (κ2) is 5.01. The van der Waals surface area contributed by atoms with Gasteiger partial charge in [0.1, 0.15) is 0 Å². The summed E-state index contributed by atoms with van der Waals surface area (Å²) in [7, 11) is -3.47. The first-order valence-corrected chi connectivity index (χ1v) is 6.25. The van der Waals surface area contributed by atoms with Crippen molar-refractivity contribution >= 4 is 15.7 Å². The molecule has 0 aliphatic heterocycles. The van der Waals surface area contributed by atoms with Crippen molar-refractivity contribution in [3.8, 4) is 12.3 Å². The maximum absolute atomic E-state index is 11.7. The number of benzene rings is 1. The van der Waals surface area contributed by atoms with E-state index in [4.69, 9.17) is 12.2 Å². The van der Waals surface area contributed by atoms with Crippen LogP contribution in [0.3, 0.4) is 0 Å². The van der Waals surface area contributed by atoms with Gasteiger partial charge in [-0.25, -0.2) is 13.1 Å². The molecule has 1 rings (SSSR count). The lowest BCUT2D eigenvalue weighted by atomic mass is 10.2. The van der Waals surface area contributed by atoms with E-state index in [-0.39, 0.29) is 11.4 Å². The number of nitrogens with two attached hydrogens (primary N) is 1. The Kier molecular flexibility index (Phi) is 3.93. The first-order valence-electron chi connectivity index (χ1n) is 4.76. The summed E-state index contributed by atoms with van der Waals surface area (Å²) in [6.45, 7) is 2.00. The number of terminal acetylenes is 1. The Morgan fingerprint density at radius 3 is 2.75 bits per heavy atom. The van der Waals surface area contributed by atoms with Crippen LogP contribution in [0.15, 0.2) is 23.1 Å². The molecular weight excluding hydrogens is 224 g/mol. The van der Waals surface area contributed by atoms with Crippen LogP contribution >= 0.6 is 0 Å². The predicted octanol–water partition coefficient (Wildman–Crippen LogP) is 0.879. The Labute approximate surface area is 95.9 Å². The summed E-state index contributed by atoms with van der Waals surface area (Å²) in [5.74, 6) is 2.37. The van der Waals surface area contributed by atoms with Gasteiger partial charge in [-0.1, -0.05) is 0 Å². The molecule has 0 atom stereocenters. The number of nitrogens with one attached hydrogen (secondary N) is 1. The molecule has 0 fully saturated rings. The van der Waals surface area contributed by atoms with Gasteiger partial charge in [-0.3, -0.25) is 0 Å². The van der Waals surface area contributed by atoms with Gasteiger partial charge in [0.15, 0.2) is 0 Å². The molecule has 16 heavy (non-hydrogen) atoms. The standard InChI is InChI=1S/C11H14N2O2S/c1-3-4-7-13-16(14,15)10-5-6-11(12)9(2)8-10/h1,5-6,8,13H,4,7,12H2,2H3. The molecule has 5 heteroatoms. The second-order valence-corrected chi connectivity index (χ2v) is 5.14. The van der Waals surface area contributed by atoms with Gasteiger partial charge >= 0.3 is 0 Å². The molecule has 0 bridgehead atoms. The van der Waals surface area contributed by atoms with E-state index in [0.717, 1.165) is 5.56 Å². The van der Waals surface area contributed by atoms with Crippen molar-refractivity contribution < 1.29 is 8.42 Å². The minimum Gasteiger partial charge on any atom is -0.399 e. The number of rotatable bonds is 4. The van der Waals surface area contributed by atoms with E-state index in [1.807, 2.05) is 0 Å².